The lowest BCUT2D eigenvalue weighted by atomic mass is 10.1. The number of methoxy groups -OCH3 is 1. The minimum atomic E-state index is -0.715. The Kier molecular flexibility index (Phi) is 8.70. The number of amides is 1. The molecule has 0 aliphatic heterocycles. The summed E-state index contributed by atoms with van der Waals surface area (Å²) in [5, 5.41) is 3.39. The lowest BCUT2D eigenvalue weighted by Gasteiger charge is -2.10. The molecule has 0 unspecified atom stereocenters. The fourth-order valence-corrected chi connectivity index (χ4v) is 2.72. The number of hydrogen-bond acceptors (Lipinski definition) is 5. The van der Waals surface area contributed by atoms with Crippen molar-refractivity contribution in [2.75, 3.05) is 26.9 Å². The van der Waals surface area contributed by atoms with E-state index in [0.717, 1.165) is 11.3 Å². The van der Waals surface area contributed by atoms with Gasteiger partial charge in [0.15, 0.2) is 13.2 Å². The molecule has 0 bridgehead atoms. The van der Waals surface area contributed by atoms with Gasteiger partial charge in [0.1, 0.15) is 11.5 Å². The van der Waals surface area contributed by atoms with Gasteiger partial charge in [0, 0.05) is 12.6 Å². The smallest absolute Gasteiger partial charge is 0.344 e. The van der Waals surface area contributed by atoms with Gasteiger partial charge in [-0.3, -0.25) is 4.79 Å². The Hall–Kier alpha value is -2.15. The maximum absolute atomic E-state index is 11.7. The van der Waals surface area contributed by atoms with Crippen molar-refractivity contribution in [1.29, 1.82) is 0 Å². The first-order valence-electron chi connectivity index (χ1n) is 8.21. The Labute approximate surface area is 177 Å². The molecule has 150 valence electrons. The van der Waals surface area contributed by atoms with E-state index in [4.69, 9.17) is 49.0 Å². The molecule has 2 rings (SSSR count). The van der Waals surface area contributed by atoms with Crippen LogP contribution in [-0.4, -0.2) is 38.7 Å². The number of halogens is 3. The van der Waals surface area contributed by atoms with E-state index in [2.05, 4.69) is 5.32 Å². The Balaban J connectivity index is 1.66. The molecule has 0 spiro atoms. The molecule has 0 aromatic heterocycles. The summed E-state index contributed by atoms with van der Waals surface area (Å²) >= 11 is 17.6. The minimum Gasteiger partial charge on any atom is -0.497 e. The van der Waals surface area contributed by atoms with Crippen LogP contribution in [0.3, 0.4) is 0 Å². The van der Waals surface area contributed by atoms with E-state index in [1.165, 1.54) is 12.1 Å². The fourth-order valence-electron chi connectivity index (χ4n) is 2.13. The summed E-state index contributed by atoms with van der Waals surface area (Å²) in [6, 6.07) is 10.3. The van der Waals surface area contributed by atoms with E-state index in [1.54, 1.807) is 7.11 Å². The van der Waals surface area contributed by atoms with E-state index in [0.29, 0.717) is 13.0 Å². The lowest BCUT2D eigenvalue weighted by Crippen LogP contribution is -2.31. The summed E-state index contributed by atoms with van der Waals surface area (Å²) in [6.07, 6.45) is 0.641. The molecule has 0 fully saturated rings. The number of carbonyl (C=O) groups is 2. The normalized spacial score (nSPS) is 10.3. The monoisotopic (exact) mass is 445 g/mol. The topological polar surface area (TPSA) is 73.9 Å². The van der Waals surface area contributed by atoms with Crippen molar-refractivity contribution in [1.82, 2.24) is 5.32 Å². The maximum atomic E-state index is 11.7. The molecule has 0 radical (unpaired) electrons. The highest BCUT2D eigenvalue weighted by molar-refractivity contribution is 6.43. The van der Waals surface area contributed by atoms with Crippen LogP contribution < -0.4 is 14.8 Å². The number of carbonyl (C=O) groups excluding carboxylic acids is 2. The highest BCUT2D eigenvalue weighted by Gasteiger charge is 2.12. The first-order chi connectivity index (χ1) is 13.4. The van der Waals surface area contributed by atoms with Crippen LogP contribution >= 0.6 is 34.8 Å². The van der Waals surface area contributed by atoms with Crippen LogP contribution in [0.5, 0.6) is 11.5 Å². The van der Waals surface area contributed by atoms with Gasteiger partial charge >= 0.3 is 5.97 Å². The summed E-state index contributed by atoms with van der Waals surface area (Å²) in [7, 11) is 1.60. The first-order valence-corrected chi connectivity index (χ1v) is 9.35. The van der Waals surface area contributed by atoms with Crippen LogP contribution in [0.1, 0.15) is 5.56 Å². The molecular weight excluding hydrogens is 429 g/mol. The number of ether oxygens (including phenoxy) is 3. The Bertz CT molecular complexity index is 827. The second-order valence-corrected chi connectivity index (χ2v) is 6.82. The molecule has 28 heavy (non-hydrogen) atoms. The predicted molar refractivity (Wildman–Crippen MR) is 108 cm³/mol. The molecule has 0 heterocycles. The molecule has 0 saturated heterocycles. The van der Waals surface area contributed by atoms with Gasteiger partial charge in [-0.1, -0.05) is 46.9 Å². The van der Waals surface area contributed by atoms with Crippen molar-refractivity contribution in [3.8, 4) is 11.5 Å². The van der Waals surface area contributed by atoms with Gasteiger partial charge in [-0.2, -0.15) is 0 Å². The molecule has 2 aromatic carbocycles. The van der Waals surface area contributed by atoms with E-state index in [1.807, 2.05) is 24.3 Å². The van der Waals surface area contributed by atoms with Crippen molar-refractivity contribution >= 4 is 46.7 Å². The molecule has 1 N–H and O–H groups in total. The van der Waals surface area contributed by atoms with E-state index < -0.39 is 25.1 Å². The number of hydrogen-bond donors (Lipinski definition) is 1. The average molecular weight is 447 g/mol. The van der Waals surface area contributed by atoms with Gasteiger partial charge in [-0.25, -0.2) is 4.79 Å². The SMILES string of the molecule is COc1ccc(CCNC(=O)COC(=O)COc2cc(Cl)c(Cl)cc2Cl)cc1. The predicted octanol–water partition coefficient (Wildman–Crippen LogP) is 3.94. The molecule has 2 aromatic rings. The average Bonchev–Trinajstić information content (AvgIpc) is 2.68. The molecule has 9 heteroatoms. The van der Waals surface area contributed by atoms with Gasteiger partial charge < -0.3 is 19.5 Å². The van der Waals surface area contributed by atoms with Crippen molar-refractivity contribution in [2.24, 2.45) is 0 Å². The Morgan fingerprint density at radius 1 is 0.964 bits per heavy atom. The van der Waals surface area contributed by atoms with Crippen LogP contribution in [0.15, 0.2) is 36.4 Å². The van der Waals surface area contributed by atoms with Gasteiger partial charge in [0.05, 0.1) is 22.2 Å². The quantitative estimate of drug-likeness (QED) is 0.466. The zero-order chi connectivity index (χ0) is 20.5. The van der Waals surface area contributed by atoms with Crippen molar-refractivity contribution in [3.05, 3.63) is 57.0 Å². The highest BCUT2D eigenvalue weighted by Crippen LogP contribution is 2.33. The number of rotatable bonds is 9. The van der Waals surface area contributed by atoms with Crippen LogP contribution in [0.4, 0.5) is 0 Å². The summed E-state index contributed by atoms with van der Waals surface area (Å²) < 4.78 is 15.2. The third kappa shape index (κ3) is 7.11. The summed E-state index contributed by atoms with van der Waals surface area (Å²) in [4.78, 5) is 23.4. The van der Waals surface area contributed by atoms with Crippen LogP contribution in [0, 0.1) is 0 Å². The number of benzene rings is 2. The zero-order valence-corrected chi connectivity index (χ0v) is 17.2. The standard InChI is InChI=1S/C19H18Cl3NO5/c1-26-13-4-2-12(3-5-13)6-7-23-18(24)10-28-19(25)11-27-17-9-15(21)14(20)8-16(17)22/h2-5,8-9H,6-7,10-11H2,1H3,(H,23,24). The second-order valence-electron chi connectivity index (χ2n) is 5.59. The third-order valence-corrected chi connectivity index (χ3v) is 4.60. The van der Waals surface area contributed by atoms with Crippen LogP contribution in [0.2, 0.25) is 15.1 Å². The third-order valence-electron chi connectivity index (χ3n) is 3.58. The fraction of sp³-hybridized carbons (Fsp3) is 0.263. The van der Waals surface area contributed by atoms with Gasteiger partial charge in [-0.15, -0.1) is 0 Å². The van der Waals surface area contributed by atoms with Crippen molar-refractivity contribution in [3.63, 3.8) is 0 Å². The minimum absolute atomic E-state index is 0.192. The van der Waals surface area contributed by atoms with Gasteiger partial charge in [0.25, 0.3) is 5.91 Å². The van der Waals surface area contributed by atoms with Crippen LogP contribution in [0.25, 0.3) is 0 Å². The summed E-state index contributed by atoms with van der Waals surface area (Å²) in [5.41, 5.74) is 1.05. The van der Waals surface area contributed by atoms with Crippen molar-refractivity contribution < 1.29 is 23.8 Å². The molecular formula is C19H18Cl3NO5. The van der Waals surface area contributed by atoms with Crippen molar-refractivity contribution in [2.45, 2.75) is 6.42 Å². The van der Waals surface area contributed by atoms with Gasteiger partial charge in [-0.05, 0) is 30.2 Å². The molecule has 6 nitrogen and oxygen atoms in total. The summed E-state index contributed by atoms with van der Waals surface area (Å²) in [6.45, 7) is -0.408. The highest BCUT2D eigenvalue weighted by atomic mass is 35.5. The molecule has 1 amide bonds. The largest absolute Gasteiger partial charge is 0.497 e. The Morgan fingerprint density at radius 3 is 2.32 bits per heavy atom. The van der Waals surface area contributed by atoms with Crippen LogP contribution in [-0.2, 0) is 20.7 Å². The van der Waals surface area contributed by atoms with E-state index in [9.17, 15) is 9.59 Å². The maximum Gasteiger partial charge on any atom is 0.344 e. The first kappa shape index (κ1) is 22.1. The van der Waals surface area contributed by atoms with E-state index >= 15 is 0 Å². The Morgan fingerprint density at radius 2 is 1.64 bits per heavy atom. The number of nitrogens with one attached hydrogen (secondary N) is 1. The number of esters is 1. The second kappa shape index (κ2) is 11.0. The lowest BCUT2D eigenvalue weighted by molar-refractivity contribution is -0.150. The molecule has 0 atom stereocenters. The van der Waals surface area contributed by atoms with Gasteiger partial charge in [0.2, 0.25) is 0 Å². The summed E-state index contributed by atoms with van der Waals surface area (Å²) in [5.74, 6) is -0.164. The molecule has 0 saturated carbocycles. The molecule has 0 aliphatic carbocycles. The zero-order valence-electron chi connectivity index (χ0n) is 15.0. The molecule has 0 aliphatic rings. The van der Waals surface area contributed by atoms with E-state index in [-0.39, 0.29) is 20.8 Å².